The zero-order chi connectivity index (χ0) is 17.8. The quantitative estimate of drug-likeness (QED) is 0.858. The molecule has 1 N–H and O–H groups in total. The minimum Gasteiger partial charge on any atom is -0.489 e. The summed E-state index contributed by atoms with van der Waals surface area (Å²) >= 11 is 6.12. The molecule has 1 aliphatic heterocycles. The molecule has 0 bridgehead atoms. The second-order valence-corrected chi connectivity index (χ2v) is 6.45. The monoisotopic (exact) mass is 359 g/mol. The lowest BCUT2D eigenvalue weighted by atomic mass is 10.1. The average molecular weight is 360 g/mol. The molecule has 5 nitrogen and oxygen atoms in total. The van der Waals surface area contributed by atoms with Gasteiger partial charge in [-0.15, -0.1) is 0 Å². The van der Waals surface area contributed by atoms with Gasteiger partial charge in [0.1, 0.15) is 12.4 Å². The van der Waals surface area contributed by atoms with Gasteiger partial charge in [-0.25, -0.2) is 0 Å². The summed E-state index contributed by atoms with van der Waals surface area (Å²) in [5, 5.41) is 9.70. The summed E-state index contributed by atoms with van der Waals surface area (Å²) in [4.78, 5) is 24.6. The van der Waals surface area contributed by atoms with Crippen molar-refractivity contribution in [3.05, 3.63) is 64.7 Å². The van der Waals surface area contributed by atoms with Crippen LogP contribution in [0.1, 0.15) is 17.5 Å². The van der Waals surface area contributed by atoms with E-state index in [4.69, 9.17) is 21.4 Å². The largest absolute Gasteiger partial charge is 0.489 e. The number of hydrogen-bond acceptors (Lipinski definition) is 3. The first-order chi connectivity index (χ1) is 12.0. The van der Waals surface area contributed by atoms with Crippen molar-refractivity contribution in [2.45, 2.75) is 19.6 Å². The second-order valence-electron chi connectivity index (χ2n) is 6.04. The van der Waals surface area contributed by atoms with Crippen molar-refractivity contribution in [3.63, 3.8) is 0 Å². The Kier molecular flexibility index (Phi) is 5.24. The number of halogens is 1. The summed E-state index contributed by atoms with van der Waals surface area (Å²) in [5.41, 5.74) is 1.80. The minimum atomic E-state index is -0.923. The number of carbonyl (C=O) groups excluding carboxylic acids is 1. The third-order valence-corrected chi connectivity index (χ3v) is 4.56. The number of aliphatic carboxylic acids is 1. The third-order valence-electron chi connectivity index (χ3n) is 4.19. The Morgan fingerprint density at radius 3 is 2.76 bits per heavy atom. The van der Waals surface area contributed by atoms with E-state index in [-0.39, 0.29) is 18.9 Å². The first-order valence-electron chi connectivity index (χ1n) is 7.98. The van der Waals surface area contributed by atoms with Crippen LogP contribution in [-0.4, -0.2) is 28.4 Å². The molecule has 1 aliphatic rings. The average Bonchev–Trinajstić information content (AvgIpc) is 2.96. The van der Waals surface area contributed by atoms with Gasteiger partial charge in [-0.05, 0) is 23.8 Å². The fourth-order valence-corrected chi connectivity index (χ4v) is 3.01. The molecule has 0 aliphatic carbocycles. The fraction of sp³-hybridized carbons (Fsp3) is 0.263. The lowest BCUT2D eigenvalue weighted by Crippen LogP contribution is -2.25. The van der Waals surface area contributed by atoms with Crippen molar-refractivity contribution < 1.29 is 19.4 Å². The molecule has 130 valence electrons. The molecule has 1 unspecified atom stereocenters. The SMILES string of the molecule is O=C(O)C1CC(=O)N(Cc2cccc(OCc3ccccc3Cl)c2)C1. The predicted molar refractivity (Wildman–Crippen MR) is 93.4 cm³/mol. The molecule has 1 heterocycles. The van der Waals surface area contributed by atoms with Gasteiger partial charge in [-0.2, -0.15) is 0 Å². The number of benzene rings is 2. The fourth-order valence-electron chi connectivity index (χ4n) is 2.82. The molecule has 0 spiro atoms. The van der Waals surface area contributed by atoms with Crippen LogP contribution in [0.2, 0.25) is 5.02 Å². The zero-order valence-electron chi connectivity index (χ0n) is 13.5. The van der Waals surface area contributed by atoms with E-state index in [0.29, 0.717) is 23.9 Å². The molecule has 0 radical (unpaired) electrons. The van der Waals surface area contributed by atoms with Gasteiger partial charge in [0.2, 0.25) is 5.91 Å². The summed E-state index contributed by atoms with van der Waals surface area (Å²) in [6.07, 6.45) is 0.0675. The van der Waals surface area contributed by atoms with E-state index in [9.17, 15) is 9.59 Å². The molecule has 0 saturated carbocycles. The van der Waals surface area contributed by atoms with Crippen molar-refractivity contribution in [1.29, 1.82) is 0 Å². The highest BCUT2D eigenvalue weighted by Crippen LogP contribution is 2.23. The van der Waals surface area contributed by atoms with E-state index >= 15 is 0 Å². The molecule has 2 aromatic rings. The number of amides is 1. The van der Waals surface area contributed by atoms with Gasteiger partial charge in [0.05, 0.1) is 5.92 Å². The summed E-state index contributed by atoms with van der Waals surface area (Å²) in [6.45, 7) is 0.984. The number of likely N-dealkylation sites (tertiary alicyclic amines) is 1. The number of nitrogens with zero attached hydrogens (tertiary/aromatic N) is 1. The van der Waals surface area contributed by atoms with Crippen molar-refractivity contribution >= 4 is 23.5 Å². The van der Waals surface area contributed by atoms with Gasteiger partial charge < -0.3 is 14.7 Å². The minimum absolute atomic E-state index is 0.0675. The number of carbonyl (C=O) groups is 2. The Hall–Kier alpha value is -2.53. The number of carboxylic acid groups (broad SMARTS) is 1. The molecule has 1 atom stereocenters. The molecule has 2 aromatic carbocycles. The summed E-state index contributed by atoms with van der Waals surface area (Å²) in [7, 11) is 0. The van der Waals surface area contributed by atoms with E-state index in [0.717, 1.165) is 11.1 Å². The van der Waals surface area contributed by atoms with Crippen LogP contribution in [0, 0.1) is 5.92 Å². The highest BCUT2D eigenvalue weighted by molar-refractivity contribution is 6.31. The summed E-state index contributed by atoms with van der Waals surface area (Å²) < 4.78 is 5.78. The Morgan fingerprint density at radius 2 is 2.04 bits per heavy atom. The van der Waals surface area contributed by atoms with E-state index in [1.54, 1.807) is 4.90 Å². The van der Waals surface area contributed by atoms with Crippen molar-refractivity contribution in [2.75, 3.05) is 6.54 Å². The molecule has 0 aromatic heterocycles. The maximum atomic E-state index is 11.9. The molecule has 1 saturated heterocycles. The van der Waals surface area contributed by atoms with E-state index in [2.05, 4.69) is 0 Å². The maximum Gasteiger partial charge on any atom is 0.308 e. The normalized spacial score (nSPS) is 16.9. The van der Waals surface area contributed by atoms with Crippen LogP contribution >= 0.6 is 11.6 Å². The highest BCUT2D eigenvalue weighted by atomic mass is 35.5. The van der Waals surface area contributed by atoms with Gasteiger partial charge in [0, 0.05) is 30.1 Å². The first-order valence-corrected chi connectivity index (χ1v) is 8.36. The Bertz CT molecular complexity index is 792. The van der Waals surface area contributed by atoms with Crippen LogP contribution in [-0.2, 0) is 22.7 Å². The molecular formula is C19H18ClNO4. The molecule has 6 heteroatoms. The highest BCUT2D eigenvalue weighted by Gasteiger charge is 2.34. The smallest absolute Gasteiger partial charge is 0.308 e. The predicted octanol–water partition coefficient (Wildman–Crippen LogP) is 3.35. The first kappa shape index (κ1) is 17.3. The van der Waals surface area contributed by atoms with Crippen molar-refractivity contribution in [1.82, 2.24) is 4.90 Å². The van der Waals surface area contributed by atoms with Gasteiger partial charge >= 0.3 is 5.97 Å². The molecular weight excluding hydrogens is 342 g/mol. The lowest BCUT2D eigenvalue weighted by molar-refractivity contribution is -0.141. The topological polar surface area (TPSA) is 66.8 Å². The van der Waals surface area contributed by atoms with Crippen LogP contribution in [0.25, 0.3) is 0 Å². The van der Waals surface area contributed by atoms with Crippen LogP contribution < -0.4 is 4.74 Å². The number of carboxylic acids is 1. The summed E-state index contributed by atoms with van der Waals surface area (Å²) in [5.74, 6) is -0.992. The molecule has 3 rings (SSSR count). The molecule has 1 amide bonds. The number of hydrogen-bond donors (Lipinski definition) is 1. The lowest BCUT2D eigenvalue weighted by Gasteiger charge is -2.17. The molecule has 1 fully saturated rings. The van der Waals surface area contributed by atoms with Gasteiger partial charge in [-0.3, -0.25) is 9.59 Å². The second kappa shape index (κ2) is 7.57. The Balaban J connectivity index is 1.63. The van der Waals surface area contributed by atoms with Gasteiger partial charge in [0.25, 0.3) is 0 Å². The Morgan fingerprint density at radius 1 is 1.24 bits per heavy atom. The van der Waals surface area contributed by atoms with Gasteiger partial charge in [-0.1, -0.05) is 41.9 Å². The standard InChI is InChI=1S/C19H18ClNO4/c20-17-7-2-1-5-14(17)12-25-16-6-3-4-13(8-16)10-21-11-15(19(23)24)9-18(21)22/h1-8,15H,9-12H2,(H,23,24). The summed E-state index contributed by atoms with van der Waals surface area (Å²) in [6, 6.07) is 14.9. The van der Waals surface area contributed by atoms with E-state index in [1.807, 2.05) is 48.5 Å². The number of rotatable bonds is 6. The number of ether oxygens (including phenoxy) is 1. The van der Waals surface area contributed by atoms with Crippen LogP contribution in [0.3, 0.4) is 0 Å². The van der Waals surface area contributed by atoms with Gasteiger partial charge in [0.15, 0.2) is 0 Å². The van der Waals surface area contributed by atoms with Crippen molar-refractivity contribution in [2.24, 2.45) is 5.92 Å². The molecule has 25 heavy (non-hydrogen) atoms. The van der Waals surface area contributed by atoms with Crippen molar-refractivity contribution in [3.8, 4) is 5.75 Å². The van der Waals surface area contributed by atoms with Crippen LogP contribution in [0.4, 0.5) is 0 Å². The van der Waals surface area contributed by atoms with E-state index < -0.39 is 11.9 Å². The van der Waals surface area contributed by atoms with Crippen LogP contribution in [0.5, 0.6) is 5.75 Å². The third kappa shape index (κ3) is 4.31. The Labute approximate surface area is 150 Å². The maximum absolute atomic E-state index is 11.9. The van der Waals surface area contributed by atoms with Crippen LogP contribution in [0.15, 0.2) is 48.5 Å². The van der Waals surface area contributed by atoms with E-state index in [1.165, 1.54) is 0 Å². The zero-order valence-corrected chi connectivity index (χ0v) is 14.3.